The van der Waals surface area contributed by atoms with Crippen molar-refractivity contribution in [1.29, 1.82) is 0 Å². The molecule has 18 heavy (non-hydrogen) atoms. The summed E-state index contributed by atoms with van der Waals surface area (Å²) in [5, 5.41) is 9.43. The highest BCUT2D eigenvalue weighted by Gasteiger charge is 2.35. The quantitative estimate of drug-likeness (QED) is 0.389. The summed E-state index contributed by atoms with van der Waals surface area (Å²) in [7, 11) is -3.03. The van der Waals surface area contributed by atoms with Gasteiger partial charge in [0.05, 0.1) is 0 Å². The van der Waals surface area contributed by atoms with Gasteiger partial charge in [0.25, 0.3) is 7.72 Å². The molecule has 3 nitrogen and oxygen atoms in total. The maximum atomic E-state index is 9.43. The van der Waals surface area contributed by atoms with Crippen LogP contribution in [0.25, 0.3) is 0 Å². The third-order valence-electron chi connectivity index (χ3n) is 3.13. The minimum atomic E-state index is -3.03. The zero-order valence-corrected chi connectivity index (χ0v) is 13.5. The van der Waals surface area contributed by atoms with Gasteiger partial charge in [-0.25, -0.2) is 9.79 Å². The van der Waals surface area contributed by atoms with E-state index in [1.54, 1.807) is 0 Å². The lowest BCUT2D eigenvalue weighted by molar-refractivity contribution is -0.00000734. The Morgan fingerprint density at radius 1 is 0.833 bits per heavy atom. The fourth-order valence-electron chi connectivity index (χ4n) is 1.88. The van der Waals surface area contributed by atoms with E-state index >= 15 is 0 Å². The number of rotatable bonds is 11. The van der Waals surface area contributed by atoms with Crippen molar-refractivity contribution in [3.8, 4) is 0 Å². The normalized spacial score (nSPS) is 13.2. The molecule has 0 saturated heterocycles. The van der Waals surface area contributed by atoms with Crippen molar-refractivity contribution >= 4 is 7.72 Å². The molecule has 0 aromatic heterocycles. The Morgan fingerprint density at radius 2 is 1.22 bits per heavy atom. The lowest BCUT2D eigenvalue weighted by Crippen LogP contribution is -3.00. The van der Waals surface area contributed by atoms with Gasteiger partial charge in [-0.05, 0) is 6.42 Å². The fraction of sp³-hybridized carbons (Fsp3) is 1.00. The van der Waals surface area contributed by atoms with Crippen molar-refractivity contribution in [1.82, 2.24) is 0 Å². The summed E-state index contributed by atoms with van der Waals surface area (Å²) in [5.74, 6) is -0.910. The Bertz CT molecular complexity index is 174. The van der Waals surface area contributed by atoms with Crippen LogP contribution in [0.15, 0.2) is 0 Å². The lowest BCUT2D eigenvalue weighted by atomic mass is 10.1. The number of aliphatic hydroxyl groups is 1. The van der Waals surface area contributed by atoms with Gasteiger partial charge in [0.1, 0.15) is 6.66 Å². The Hall–Kier alpha value is 0.600. The van der Waals surface area contributed by atoms with E-state index in [1.165, 1.54) is 51.6 Å². The van der Waals surface area contributed by atoms with E-state index in [1.807, 2.05) is 0 Å². The van der Waals surface area contributed by atoms with Crippen molar-refractivity contribution in [2.24, 2.45) is 0 Å². The molecule has 0 fully saturated rings. The average Bonchev–Trinajstić information content (AvgIpc) is 2.25. The molecule has 3 N–H and O–H groups in total. The van der Waals surface area contributed by atoms with Crippen LogP contribution < -0.4 is 12.4 Å². The van der Waals surface area contributed by atoms with E-state index in [0.717, 1.165) is 12.8 Å². The molecule has 0 heterocycles. The number of aliphatic hydroxyl groups excluding tert-OH is 1. The fourth-order valence-corrected chi connectivity index (χ4v) is 2.55. The highest BCUT2D eigenvalue weighted by atomic mass is 35.5. The summed E-state index contributed by atoms with van der Waals surface area (Å²) < 4.78 is 0. The largest absolute Gasteiger partial charge is 1.00 e. The molecule has 0 aliphatic rings. The summed E-state index contributed by atoms with van der Waals surface area (Å²) >= 11 is 0. The van der Waals surface area contributed by atoms with Gasteiger partial charge in [-0.1, -0.05) is 58.3 Å². The standard InChI is InChI=1S/C13H30O3P.ClH/c1-3-4-5-6-7-8-9-10-11-12-13(14)17(2,15)16;/h13-16H,3-12H2,1-2H3;1H/q+1;/p-1. The first-order valence-corrected chi connectivity index (χ1v) is 9.19. The van der Waals surface area contributed by atoms with Crippen molar-refractivity contribution in [2.75, 3.05) is 6.66 Å². The minimum absolute atomic E-state index is 0. The Morgan fingerprint density at radius 3 is 1.61 bits per heavy atom. The Labute approximate surface area is 119 Å². The average molecular weight is 301 g/mol. The molecule has 0 radical (unpaired) electrons. The first-order chi connectivity index (χ1) is 7.98. The minimum Gasteiger partial charge on any atom is -1.00 e. The maximum Gasteiger partial charge on any atom is 0.293 e. The van der Waals surface area contributed by atoms with E-state index in [2.05, 4.69) is 6.92 Å². The number of halogens is 1. The predicted octanol–water partition coefficient (Wildman–Crippen LogP) is 0.692. The molecule has 0 aromatic rings. The Kier molecular flexibility index (Phi) is 14.7. The molecule has 0 amide bonds. The molecule has 0 aromatic carbocycles. The van der Waals surface area contributed by atoms with Gasteiger partial charge in [-0.3, -0.25) is 0 Å². The van der Waals surface area contributed by atoms with Crippen LogP contribution in [0.2, 0.25) is 0 Å². The molecule has 0 aliphatic carbocycles. The highest BCUT2D eigenvalue weighted by molar-refractivity contribution is 7.64. The van der Waals surface area contributed by atoms with Gasteiger partial charge in [-0.15, -0.1) is 0 Å². The van der Waals surface area contributed by atoms with Crippen molar-refractivity contribution in [2.45, 2.75) is 77.0 Å². The summed E-state index contributed by atoms with van der Waals surface area (Å²) in [6, 6.07) is 0. The van der Waals surface area contributed by atoms with Crippen LogP contribution in [0.1, 0.15) is 71.1 Å². The molecule has 1 unspecified atom stereocenters. The smallest absolute Gasteiger partial charge is 0.293 e. The summed E-state index contributed by atoms with van der Waals surface area (Å²) in [5.41, 5.74) is 0. The van der Waals surface area contributed by atoms with Crippen LogP contribution in [-0.2, 0) is 0 Å². The van der Waals surface area contributed by atoms with E-state index in [4.69, 9.17) is 0 Å². The summed E-state index contributed by atoms with van der Waals surface area (Å²) in [4.78, 5) is 18.5. The summed E-state index contributed by atoms with van der Waals surface area (Å²) in [6.45, 7) is 3.56. The van der Waals surface area contributed by atoms with E-state index in [-0.39, 0.29) is 12.4 Å². The molecule has 0 rings (SSSR count). The van der Waals surface area contributed by atoms with Crippen molar-refractivity contribution in [3.05, 3.63) is 0 Å². The third kappa shape index (κ3) is 13.0. The molecular formula is C13H30ClO3P. The zero-order chi connectivity index (χ0) is 13.1. The molecule has 0 spiro atoms. The number of hydrogen-bond acceptors (Lipinski definition) is 3. The van der Waals surface area contributed by atoms with E-state index in [0.29, 0.717) is 6.42 Å². The van der Waals surface area contributed by atoms with Crippen LogP contribution in [0, 0.1) is 0 Å². The number of unbranched alkanes of at least 4 members (excludes halogenated alkanes) is 8. The van der Waals surface area contributed by atoms with Crippen molar-refractivity contribution in [3.63, 3.8) is 0 Å². The van der Waals surface area contributed by atoms with Gasteiger partial charge in [-0.2, -0.15) is 0 Å². The molecule has 5 heteroatoms. The van der Waals surface area contributed by atoms with Crippen LogP contribution in [0.5, 0.6) is 0 Å². The monoisotopic (exact) mass is 300 g/mol. The van der Waals surface area contributed by atoms with Gasteiger partial charge in [0.15, 0.2) is 0 Å². The van der Waals surface area contributed by atoms with Gasteiger partial charge >= 0.3 is 0 Å². The van der Waals surface area contributed by atoms with Crippen LogP contribution in [0.3, 0.4) is 0 Å². The van der Waals surface area contributed by atoms with Crippen molar-refractivity contribution < 1.29 is 27.3 Å². The van der Waals surface area contributed by atoms with Gasteiger partial charge in [0.2, 0.25) is 5.85 Å². The van der Waals surface area contributed by atoms with Crippen LogP contribution in [-0.4, -0.2) is 27.4 Å². The zero-order valence-electron chi connectivity index (χ0n) is 11.8. The Balaban J connectivity index is 0. The number of hydrogen-bond donors (Lipinski definition) is 3. The lowest BCUT2D eigenvalue weighted by Gasteiger charge is -2.13. The summed E-state index contributed by atoms with van der Waals surface area (Å²) in [6.07, 6.45) is 11.6. The molecule has 1 atom stereocenters. The van der Waals surface area contributed by atoms with E-state index in [9.17, 15) is 14.9 Å². The molecule has 0 bridgehead atoms. The second-order valence-corrected chi connectivity index (χ2v) is 7.63. The maximum absolute atomic E-state index is 9.43. The first kappa shape index (κ1) is 20.9. The second kappa shape index (κ2) is 12.6. The third-order valence-corrected chi connectivity index (χ3v) is 4.52. The van der Waals surface area contributed by atoms with Gasteiger partial charge in [0, 0.05) is 6.42 Å². The predicted molar refractivity (Wildman–Crippen MR) is 75.1 cm³/mol. The molecule has 0 aliphatic heterocycles. The van der Waals surface area contributed by atoms with Crippen LogP contribution >= 0.6 is 7.72 Å². The van der Waals surface area contributed by atoms with Crippen LogP contribution in [0.4, 0.5) is 0 Å². The molecule has 0 saturated carbocycles. The highest BCUT2D eigenvalue weighted by Crippen LogP contribution is 2.51. The topological polar surface area (TPSA) is 60.7 Å². The van der Waals surface area contributed by atoms with Gasteiger partial charge < -0.3 is 17.5 Å². The first-order valence-electron chi connectivity index (χ1n) is 6.98. The second-order valence-electron chi connectivity index (χ2n) is 5.08. The van der Waals surface area contributed by atoms with E-state index < -0.39 is 13.6 Å². The SMILES string of the molecule is CCCCCCCCCCCC(O)[P+](C)(O)O.[Cl-]. The molecule has 112 valence electrons. The molecular weight excluding hydrogens is 271 g/mol.